The Labute approximate surface area is 80.7 Å². The molecule has 0 aliphatic carbocycles. The number of aliphatic hydroxyl groups excluding tert-OH is 1. The van der Waals surface area contributed by atoms with Gasteiger partial charge in [0, 0.05) is 23.5 Å². The molecule has 0 aromatic carbocycles. The summed E-state index contributed by atoms with van der Waals surface area (Å²) in [5.41, 5.74) is 0. The molecule has 0 aliphatic heterocycles. The highest BCUT2D eigenvalue weighted by atomic mass is 32.2. The van der Waals surface area contributed by atoms with Gasteiger partial charge >= 0.3 is 0 Å². The summed E-state index contributed by atoms with van der Waals surface area (Å²) in [6.07, 6.45) is 0.727. The average Bonchev–Trinajstić information content (AvgIpc) is 2.02. The summed E-state index contributed by atoms with van der Waals surface area (Å²) in [4.78, 5) is 0. The Hall–Kier alpha value is 0.540. The fourth-order valence-corrected chi connectivity index (χ4v) is 1.94. The zero-order valence-corrected chi connectivity index (χ0v) is 8.57. The average molecular weight is 214 g/mol. The molecule has 0 radical (unpaired) electrons. The van der Waals surface area contributed by atoms with Crippen molar-refractivity contribution >= 4 is 23.8 Å². The van der Waals surface area contributed by atoms with Crippen molar-refractivity contribution < 1.29 is 19.7 Å². The highest BCUT2D eigenvalue weighted by Gasteiger charge is 1.96. The molecular formula is C6H14O4S2. The van der Waals surface area contributed by atoms with Gasteiger partial charge in [0.25, 0.3) is 0 Å². The molecular weight excluding hydrogens is 200 g/mol. The largest absolute Gasteiger partial charge is 0.393 e. The lowest BCUT2D eigenvalue weighted by Crippen LogP contribution is -2.03. The lowest BCUT2D eigenvalue weighted by Gasteiger charge is -2.02. The van der Waals surface area contributed by atoms with Gasteiger partial charge in [-0.15, -0.1) is 4.33 Å². The van der Waals surface area contributed by atoms with E-state index in [1.54, 1.807) is 18.7 Å². The van der Waals surface area contributed by atoms with Gasteiger partial charge in [0.15, 0.2) is 0 Å². The van der Waals surface area contributed by atoms with E-state index >= 15 is 0 Å². The van der Waals surface area contributed by atoms with Gasteiger partial charge in [-0.1, -0.05) is 5.04 Å². The maximum atomic E-state index is 8.89. The number of hydrogen-bond acceptors (Lipinski definition) is 6. The molecule has 4 nitrogen and oxygen atoms in total. The fourth-order valence-electron chi connectivity index (χ4n) is 0.529. The van der Waals surface area contributed by atoms with E-state index in [2.05, 4.69) is 9.37 Å². The van der Waals surface area contributed by atoms with Crippen molar-refractivity contribution in [2.24, 2.45) is 0 Å². The van der Waals surface area contributed by atoms with Crippen molar-refractivity contribution in [1.82, 2.24) is 0 Å². The second-order valence-electron chi connectivity index (χ2n) is 2.24. The molecule has 74 valence electrons. The third-order valence-electron chi connectivity index (χ3n) is 0.954. The lowest BCUT2D eigenvalue weighted by atomic mass is 10.5. The molecule has 0 aliphatic rings. The van der Waals surface area contributed by atoms with Crippen molar-refractivity contribution in [3.8, 4) is 0 Å². The Kier molecular flexibility index (Phi) is 10.1. The molecule has 2 N–H and O–H groups in total. The van der Waals surface area contributed by atoms with Gasteiger partial charge in [0.2, 0.25) is 0 Å². The van der Waals surface area contributed by atoms with Crippen LogP contribution in [0.1, 0.15) is 13.3 Å². The van der Waals surface area contributed by atoms with Gasteiger partial charge in [-0.25, -0.2) is 5.26 Å². The number of aliphatic hydroxyl groups is 1. The standard InChI is InChI=1S/C6H14O4S2/c1-6(7)5-11-3-2-4-12-10-9-8/h6-8H,2-5H2,1H3. The van der Waals surface area contributed by atoms with E-state index in [0.29, 0.717) is 0 Å². The van der Waals surface area contributed by atoms with Crippen LogP contribution in [0.25, 0.3) is 0 Å². The molecule has 6 heteroatoms. The maximum absolute atomic E-state index is 8.89. The van der Waals surface area contributed by atoms with Crippen LogP contribution in [0.4, 0.5) is 0 Å². The highest BCUT2D eigenvalue weighted by molar-refractivity contribution is 7.99. The van der Waals surface area contributed by atoms with Gasteiger partial charge < -0.3 is 5.11 Å². The Morgan fingerprint density at radius 2 is 2.17 bits per heavy atom. The number of hydrogen-bond donors (Lipinski definition) is 2. The third-order valence-corrected chi connectivity index (χ3v) is 2.86. The van der Waals surface area contributed by atoms with Gasteiger partial charge in [0.05, 0.1) is 6.10 Å². The Morgan fingerprint density at radius 3 is 2.75 bits per heavy atom. The first-order valence-electron chi connectivity index (χ1n) is 3.63. The van der Waals surface area contributed by atoms with E-state index in [0.717, 1.165) is 35.7 Å². The minimum Gasteiger partial charge on any atom is -0.393 e. The van der Waals surface area contributed by atoms with Crippen LogP contribution in [0.2, 0.25) is 0 Å². The predicted octanol–water partition coefficient (Wildman–Crippen LogP) is 1.56. The maximum Gasteiger partial charge on any atom is 0.0602 e. The van der Waals surface area contributed by atoms with Crippen LogP contribution in [0.3, 0.4) is 0 Å². The lowest BCUT2D eigenvalue weighted by molar-refractivity contribution is -0.432. The molecule has 12 heavy (non-hydrogen) atoms. The highest BCUT2D eigenvalue weighted by Crippen LogP contribution is 2.09. The van der Waals surface area contributed by atoms with Crippen LogP contribution >= 0.6 is 23.8 Å². The summed E-state index contributed by atoms with van der Waals surface area (Å²) in [6, 6.07) is 0. The number of thioether (sulfide) groups is 1. The van der Waals surface area contributed by atoms with Gasteiger partial charge in [0.1, 0.15) is 0 Å². The van der Waals surface area contributed by atoms with Crippen molar-refractivity contribution in [2.45, 2.75) is 19.4 Å². The molecule has 0 bridgehead atoms. The van der Waals surface area contributed by atoms with Crippen LogP contribution in [0, 0.1) is 0 Å². The molecule has 0 heterocycles. The molecule has 0 aromatic rings. The predicted molar refractivity (Wildman–Crippen MR) is 50.9 cm³/mol. The quantitative estimate of drug-likeness (QED) is 0.277. The van der Waals surface area contributed by atoms with Crippen LogP contribution in [0.5, 0.6) is 0 Å². The smallest absolute Gasteiger partial charge is 0.0602 e. The molecule has 0 saturated heterocycles. The second-order valence-corrected chi connectivity index (χ2v) is 4.17. The first-order chi connectivity index (χ1) is 5.77. The SMILES string of the molecule is CC(O)CSCCCSOOO. The molecule has 0 amide bonds. The van der Waals surface area contributed by atoms with Crippen molar-refractivity contribution in [2.75, 3.05) is 17.3 Å². The van der Waals surface area contributed by atoms with Gasteiger partial charge in [-0.2, -0.15) is 11.8 Å². The van der Waals surface area contributed by atoms with E-state index in [-0.39, 0.29) is 6.10 Å². The van der Waals surface area contributed by atoms with E-state index in [4.69, 9.17) is 10.4 Å². The molecule has 0 rings (SSSR count). The molecule has 0 aromatic heterocycles. The van der Waals surface area contributed by atoms with Crippen molar-refractivity contribution in [1.29, 1.82) is 0 Å². The van der Waals surface area contributed by atoms with Crippen LogP contribution < -0.4 is 0 Å². The monoisotopic (exact) mass is 214 g/mol. The van der Waals surface area contributed by atoms with Crippen LogP contribution in [-0.2, 0) is 9.37 Å². The molecule has 0 fully saturated rings. The normalized spacial score (nSPS) is 13.2. The summed E-state index contributed by atoms with van der Waals surface area (Å²) >= 11 is 2.76. The van der Waals surface area contributed by atoms with Crippen LogP contribution in [-0.4, -0.2) is 33.7 Å². The van der Waals surface area contributed by atoms with Crippen molar-refractivity contribution in [3.05, 3.63) is 0 Å². The van der Waals surface area contributed by atoms with Crippen LogP contribution in [0.15, 0.2) is 0 Å². The summed E-state index contributed by atoms with van der Waals surface area (Å²) in [5, 5.41) is 20.1. The second kappa shape index (κ2) is 9.63. The van der Waals surface area contributed by atoms with Gasteiger partial charge in [-0.05, 0) is 19.1 Å². The Morgan fingerprint density at radius 1 is 1.42 bits per heavy atom. The molecule has 1 atom stereocenters. The summed E-state index contributed by atoms with van der Waals surface area (Å²) in [7, 11) is 0. The zero-order chi connectivity index (χ0) is 9.23. The third kappa shape index (κ3) is 10.5. The summed E-state index contributed by atoms with van der Waals surface area (Å²) in [5.74, 6) is 2.52. The van der Waals surface area contributed by atoms with Crippen molar-refractivity contribution in [3.63, 3.8) is 0 Å². The van der Waals surface area contributed by atoms with E-state index < -0.39 is 0 Å². The molecule has 1 unspecified atom stereocenters. The Balaban J connectivity index is 2.82. The first-order valence-corrected chi connectivity index (χ1v) is 5.69. The fraction of sp³-hybridized carbons (Fsp3) is 1.00. The van der Waals surface area contributed by atoms with E-state index in [1.165, 1.54) is 0 Å². The molecule has 0 saturated carbocycles. The zero-order valence-electron chi connectivity index (χ0n) is 6.93. The van der Waals surface area contributed by atoms with E-state index in [9.17, 15) is 0 Å². The summed E-state index contributed by atoms with van der Waals surface area (Å²) in [6.45, 7) is 1.77. The van der Waals surface area contributed by atoms with Gasteiger partial charge in [-0.3, -0.25) is 0 Å². The molecule has 0 spiro atoms. The Bertz CT molecular complexity index is 91.6. The summed E-state index contributed by atoms with van der Waals surface area (Å²) < 4.78 is 4.17. The first kappa shape index (κ1) is 12.5. The topological polar surface area (TPSA) is 58.9 Å². The van der Waals surface area contributed by atoms with E-state index in [1.807, 2.05) is 0 Å². The number of rotatable bonds is 8. The minimum atomic E-state index is -0.236. The minimum absolute atomic E-state index is 0.236.